The summed E-state index contributed by atoms with van der Waals surface area (Å²) in [7, 11) is 0. The Kier molecular flexibility index (Phi) is 4.60. The van der Waals surface area contributed by atoms with Crippen LogP contribution in [0.3, 0.4) is 0 Å². The van der Waals surface area contributed by atoms with Gasteiger partial charge in [0, 0.05) is 18.4 Å². The summed E-state index contributed by atoms with van der Waals surface area (Å²) in [6, 6.07) is 16.5. The lowest BCUT2D eigenvalue weighted by Gasteiger charge is -2.23. The average Bonchev–Trinajstić information content (AvgIpc) is 3.14. The van der Waals surface area contributed by atoms with Crippen molar-refractivity contribution < 1.29 is 9.18 Å². The molecule has 0 saturated heterocycles. The summed E-state index contributed by atoms with van der Waals surface area (Å²) >= 11 is 1.54. The highest BCUT2D eigenvalue weighted by atomic mass is 32.2. The molecule has 2 heterocycles. The van der Waals surface area contributed by atoms with Crippen LogP contribution in [0.15, 0.2) is 66.0 Å². The zero-order chi connectivity index (χ0) is 19.8. The summed E-state index contributed by atoms with van der Waals surface area (Å²) in [6.45, 7) is 0. The molecule has 0 fully saturated rings. The van der Waals surface area contributed by atoms with Crippen LogP contribution in [-0.2, 0) is 12.2 Å². The molecule has 5 rings (SSSR count). The number of carbonyl (C=O) groups is 1. The largest absolute Gasteiger partial charge is 0.294 e. The quantitative estimate of drug-likeness (QED) is 0.470. The fourth-order valence-electron chi connectivity index (χ4n) is 3.62. The number of carbonyl (C=O) groups excluding carboxylic acids is 1. The molecule has 7 heteroatoms. The van der Waals surface area contributed by atoms with Crippen LogP contribution >= 0.6 is 11.8 Å². The van der Waals surface area contributed by atoms with Gasteiger partial charge < -0.3 is 0 Å². The first-order valence-corrected chi connectivity index (χ1v) is 10.4. The molecule has 0 saturated carbocycles. The topological polar surface area (TPSA) is 60.2 Å². The molecule has 0 spiro atoms. The minimum Gasteiger partial charge on any atom is -0.294 e. The van der Waals surface area contributed by atoms with Gasteiger partial charge in [0.1, 0.15) is 5.82 Å². The van der Waals surface area contributed by atoms with Gasteiger partial charge in [0.15, 0.2) is 5.78 Å². The predicted octanol–water partition coefficient (Wildman–Crippen LogP) is 4.47. The molecule has 4 aromatic rings. The van der Waals surface area contributed by atoms with E-state index in [9.17, 15) is 9.18 Å². The zero-order valence-corrected chi connectivity index (χ0v) is 16.3. The van der Waals surface area contributed by atoms with Crippen molar-refractivity contribution in [2.24, 2.45) is 0 Å². The molecular formula is C22H17FN4OS. The molecule has 0 radical (unpaired) electrons. The van der Waals surface area contributed by atoms with Crippen LogP contribution in [0.5, 0.6) is 0 Å². The van der Waals surface area contributed by atoms with Crippen molar-refractivity contribution >= 4 is 23.3 Å². The second-order valence-electron chi connectivity index (χ2n) is 7.09. The number of fused-ring (bicyclic) bond motifs is 2. The van der Waals surface area contributed by atoms with Crippen LogP contribution in [0.1, 0.15) is 39.5 Å². The van der Waals surface area contributed by atoms with E-state index in [1.54, 1.807) is 22.8 Å². The predicted molar refractivity (Wildman–Crippen MR) is 109 cm³/mol. The third kappa shape index (κ3) is 3.65. The number of nitrogens with zero attached hydrogens (tertiary/aromatic N) is 4. The number of ketones is 1. The highest BCUT2D eigenvalue weighted by molar-refractivity contribution is 7.98. The van der Waals surface area contributed by atoms with E-state index in [1.807, 2.05) is 18.2 Å². The normalized spacial score (nSPS) is 16.2. The minimum atomic E-state index is -0.278. The Morgan fingerprint density at radius 2 is 1.83 bits per heavy atom. The van der Waals surface area contributed by atoms with Gasteiger partial charge in [0.05, 0.1) is 11.3 Å². The van der Waals surface area contributed by atoms with Gasteiger partial charge in [-0.15, -0.1) is 5.10 Å². The number of benzene rings is 2. The molecule has 1 aliphatic rings. The third-order valence-electron chi connectivity index (χ3n) is 5.12. The van der Waals surface area contributed by atoms with Crippen LogP contribution in [0, 0.1) is 5.82 Å². The molecular weight excluding hydrogens is 387 g/mol. The van der Waals surface area contributed by atoms with E-state index in [2.05, 4.69) is 27.2 Å². The molecule has 29 heavy (non-hydrogen) atoms. The highest BCUT2D eigenvalue weighted by Gasteiger charge is 2.28. The number of rotatable bonds is 4. The van der Waals surface area contributed by atoms with E-state index in [4.69, 9.17) is 0 Å². The van der Waals surface area contributed by atoms with Gasteiger partial charge in [-0.25, -0.2) is 13.9 Å². The minimum absolute atomic E-state index is 0.000368. The van der Waals surface area contributed by atoms with Gasteiger partial charge >= 0.3 is 0 Å². The summed E-state index contributed by atoms with van der Waals surface area (Å²) in [4.78, 5) is 21.8. The molecule has 0 N–H and O–H groups in total. The van der Waals surface area contributed by atoms with Gasteiger partial charge in [0.25, 0.3) is 5.78 Å². The summed E-state index contributed by atoms with van der Waals surface area (Å²) in [5, 5.41) is 5.10. The Bertz CT molecular complexity index is 1190. The number of aromatic nitrogens is 4. The second kappa shape index (κ2) is 7.40. The van der Waals surface area contributed by atoms with Crippen molar-refractivity contribution in [1.82, 2.24) is 19.6 Å². The monoisotopic (exact) mass is 404 g/mol. The van der Waals surface area contributed by atoms with Gasteiger partial charge in [-0.3, -0.25) is 4.79 Å². The smallest absolute Gasteiger partial charge is 0.253 e. The standard InChI is InChI=1S/C22H17FN4OS/c23-17-8-6-15(7-9-17)16-10-19-18(20(28)11-16)12-27-21(24-19)25-22(26-27)29-13-14-4-2-1-3-5-14/h1-9,12,16H,10-11,13H2. The Labute approximate surface area is 171 Å². The molecule has 144 valence electrons. The van der Waals surface area contributed by atoms with Crippen molar-refractivity contribution in [2.45, 2.75) is 29.7 Å². The van der Waals surface area contributed by atoms with Gasteiger partial charge in [0.2, 0.25) is 5.16 Å². The number of halogens is 1. The first-order valence-electron chi connectivity index (χ1n) is 9.37. The number of thioether (sulfide) groups is 1. The Hall–Kier alpha value is -3.06. The summed E-state index contributed by atoms with van der Waals surface area (Å²) in [6.07, 6.45) is 2.75. The Balaban J connectivity index is 1.41. The van der Waals surface area contributed by atoms with Crippen molar-refractivity contribution in [3.63, 3.8) is 0 Å². The van der Waals surface area contributed by atoms with E-state index in [0.29, 0.717) is 29.3 Å². The van der Waals surface area contributed by atoms with Crippen molar-refractivity contribution in [1.29, 1.82) is 0 Å². The van der Waals surface area contributed by atoms with E-state index >= 15 is 0 Å². The molecule has 0 amide bonds. The second-order valence-corrected chi connectivity index (χ2v) is 8.04. The fraction of sp³-hybridized carbons (Fsp3) is 0.182. The maximum absolute atomic E-state index is 13.2. The lowest BCUT2D eigenvalue weighted by molar-refractivity contribution is 0.0962. The van der Waals surface area contributed by atoms with Crippen LogP contribution < -0.4 is 0 Å². The molecule has 1 aliphatic carbocycles. The Morgan fingerprint density at radius 1 is 1.03 bits per heavy atom. The molecule has 1 atom stereocenters. The van der Waals surface area contributed by atoms with Crippen LogP contribution in [0.2, 0.25) is 0 Å². The zero-order valence-electron chi connectivity index (χ0n) is 15.5. The van der Waals surface area contributed by atoms with Crippen molar-refractivity contribution in [2.75, 3.05) is 0 Å². The highest BCUT2D eigenvalue weighted by Crippen LogP contribution is 2.32. The van der Waals surface area contributed by atoms with E-state index in [0.717, 1.165) is 17.0 Å². The molecule has 1 unspecified atom stereocenters. The van der Waals surface area contributed by atoms with E-state index in [1.165, 1.54) is 29.5 Å². The lowest BCUT2D eigenvalue weighted by Crippen LogP contribution is -2.21. The van der Waals surface area contributed by atoms with Gasteiger partial charge in [-0.1, -0.05) is 54.2 Å². The molecule has 0 bridgehead atoms. The maximum Gasteiger partial charge on any atom is 0.253 e. The molecule has 0 aliphatic heterocycles. The first-order chi connectivity index (χ1) is 14.2. The summed E-state index contributed by atoms with van der Waals surface area (Å²) < 4.78 is 14.8. The average molecular weight is 404 g/mol. The van der Waals surface area contributed by atoms with Crippen molar-refractivity contribution in [3.05, 3.63) is 89.0 Å². The van der Waals surface area contributed by atoms with Crippen molar-refractivity contribution in [3.8, 4) is 0 Å². The number of hydrogen-bond donors (Lipinski definition) is 0. The summed E-state index contributed by atoms with van der Waals surface area (Å²) in [5.41, 5.74) is 3.48. The molecule has 5 nitrogen and oxygen atoms in total. The van der Waals surface area contributed by atoms with Gasteiger partial charge in [-0.05, 0) is 35.6 Å². The fourth-order valence-corrected chi connectivity index (χ4v) is 4.40. The van der Waals surface area contributed by atoms with Crippen LogP contribution in [0.25, 0.3) is 5.78 Å². The third-order valence-corrected chi connectivity index (χ3v) is 6.02. The van der Waals surface area contributed by atoms with E-state index in [-0.39, 0.29) is 17.5 Å². The molecule has 2 aromatic heterocycles. The van der Waals surface area contributed by atoms with Gasteiger partial charge in [-0.2, -0.15) is 4.98 Å². The lowest BCUT2D eigenvalue weighted by atomic mass is 9.82. The first kappa shape index (κ1) is 18.0. The molecule has 2 aromatic carbocycles. The SMILES string of the molecule is O=C1CC(c2ccc(F)cc2)Cc2nc3nc(SCc4ccccc4)nn3cc21. The van der Waals surface area contributed by atoms with Crippen LogP contribution in [-0.4, -0.2) is 25.4 Å². The number of hydrogen-bond acceptors (Lipinski definition) is 5. The van der Waals surface area contributed by atoms with E-state index < -0.39 is 0 Å². The maximum atomic E-state index is 13.2. The Morgan fingerprint density at radius 3 is 2.62 bits per heavy atom. The number of Topliss-reactive ketones (excluding diaryl/α,β-unsaturated/α-hetero) is 1. The summed E-state index contributed by atoms with van der Waals surface area (Å²) in [5.74, 6) is 1.01. The van der Waals surface area contributed by atoms with Crippen LogP contribution in [0.4, 0.5) is 4.39 Å².